The molecule has 0 N–H and O–H groups in total. The van der Waals surface area contributed by atoms with E-state index < -0.39 is 0 Å². The number of rotatable bonds is 13. The quantitative estimate of drug-likeness (QED) is 0.360. The Kier molecular flexibility index (Phi) is 14.7. The summed E-state index contributed by atoms with van der Waals surface area (Å²) in [6.07, 6.45) is 3.05. The lowest BCUT2D eigenvalue weighted by molar-refractivity contribution is -0.0555. The number of hydrogen-bond donors (Lipinski definition) is 0. The zero-order valence-corrected chi connectivity index (χ0v) is 10.4. The second-order valence-electron chi connectivity index (χ2n) is 3.37. The van der Waals surface area contributed by atoms with Gasteiger partial charge < -0.3 is 18.9 Å². The zero-order chi connectivity index (χ0) is 11.9. The molecule has 0 bridgehead atoms. The van der Waals surface area contributed by atoms with Crippen molar-refractivity contribution < 1.29 is 18.9 Å². The summed E-state index contributed by atoms with van der Waals surface area (Å²) < 4.78 is 20.8. The van der Waals surface area contributed by atoms with E-state index in [1.807, 2.05) is 0 Å². The van der Waals surface area contributed by atoms with Gasteiger partial charge in [0.2, 0.25) is 0 Å². The van der Waals surface area contributed by atoms with Gasteiger partial charge in [-0.15, -0.1) is 0 Å². The van der Waals surface area contributed by atoms with Crippen LogP contribution in [0.5, 0.6) is 0 Å². The molecule has 4 heteroatoms. The minimum Gasteiger partial charge on any atom is -0.379 e. The van der Waals surface area contributed by atoms with Crippen molar-refractivity contribution >= 4 is 0 Å². The molecular weight excluding hydrogens is 208 g/mol. The highest BCUT2D eigenvalue weighted by molar-refractivity contribution is 4.38. The Labute approximate surface area is 99.2 Å². The van der Waals surface area contributed by atoms with E-state index in [1.165, 1.54) is 0 Å². The van der Waals surface area contributed by atoms with Gasteiger partial charge in [0.05, 0.1) is 13.2 Å². The molecule has 0 amide bonds. The molecule has 0 saturated heterocycles. The minimum absolute atomic E-state index is 0.409. The van der Waals surface area contributed by atoms with Crippen LogP contribution in [0.1, 0.15) is 26.2 Å². The van der Waals surface area contributed by atoms with Crippen molar-refractivity contribution in [3.8, 4) is 0 Å². The Hall–Kier alpha value is -0.160. The van der Waals surface area contributed by atoms with Crippen LogP contribution in [0.15, 0.2) is 0 Å². The van der Waals surface area contributed by atoms with Crippen molar-refractivity contribution in [2.75, 3.05) is 46.4 Å². The summed E-state index contributed by atoms with van der Waals surface area (Å²) in [5.41, 5.74) is 0. The van der Waals surface area contributed by atoms with Crippen LogP contribution in [0.25, 0.3) is 0 Å². The van der Waals surface area contributed by atoms with E-state index in [4.69, 9.17) is 18.9 Å². The fourth-order valence-corrected chi connectivity index (χ4v) is 1.05. The summed E-state index contributed by atoms with van der Waals surface area (Å²) in [5, 5.41) is 0. The zero-order valence-electron chi connectivity index (χ0n) is 10.4. The summed E-state index contributed by atoms with van der Waals surface area (Å²) in [6.45, 7) is 10.1. The topological polar surface area (TPSA) is 36.9 Å². The van der Waals surface area contributed by atoms with E-state index in [0.29, 0.717) is 26.6 Å². The molecule has 0 spiro atoms. The molecule has 97 valence electrons. The Bertz CT molecular complexity index is 106. The SMILES string of the molecule is [CH2]COCCOCCCCOCOCCC. The van der Waals surface area contributed by atoms with Crippen molar-refractivity contribution in [3.05, 3.63) is 6.92 Å². The molecule has 0 aromatic carbocycles. The van der Waals surface area contributed by atoms with E-state index in [-0.39, 0.29) is 0 Å². The Morgan fingerprint density at radius 1 is 0.750 bits per heavy atom. The van der Waals surface area contributed by atoms with Gasteiger partial charge in [0.15, 0.2) is 0 Å². The van der Waals surface area contributed by atoms with Crippen molar-refractivity contribution in [2.45, 2.75) is 26.2 Å². The summed E-state index contributed by atoms with van der Waals surface area (Å²) in [7, 11) is 0. The summed E-state index contributed by atoms with van der Waals surface area (Å²) in [6, 6.07) is 0. The van der Waals surface area contributed by atoms with Gasteiger partial charge in [0.1, 0.15) is 6.79 Å². The van der Waals surface area contributed by atoms with Crippen molar-refractivity contribution in [1.29, 1.82) is 0 Å². The van der Waals surface area contributed by atoms with E-state index >= 15 is 0 Å². The van der Waals surface area contributed by atoms with Gasteiger partial charge in [-0.1, -0.05) is 6.92 Å². The first-order valence-electron chi connectivity index (χ1n) is 6.02. The van der Waals surface area contributed by atoms with Gasteiger partial charge in [-0.25, -0.2) is 0 Å². The van der Waals surface area contributed by atoms with Crippen LogP contribution in [0.2, 0.25) is 0 Å². The molecule has 0 saturated carbocycles. The molecule has 0 aliphatic heterocycles. The first kappa shape index (κ1) is 15.8. The smallest absolute Gasteiger partial charge is 0.146 e. The molecule has 0 aliphatic rings. The first-order valence-corrected chi connectivity index (χ1v) is 6.02. The van der Waals surface area contributed by atoms with Gasteiger partial charge in [-0.2, -0.15) is 0 Å². The maximum atomic E-state index is 5.34. The van der Waals surface area contributed by atoms with Crippen LogP contribution in [-0.2, 0) is 18.9 Å². The van der Waals surface area contributed by atoms with E-state index in [0.717, 1.165) is 39.1 Å². The molecule has 4 nitrogen and oxygen atoms in total. The molecule has 0 unspecified atom stereocenters. The lowest BCUT2D eigenvalue weighted by Gasteiger charge is -2.05. The number of unbranched alkanes of at least 4 members (excludes halogenated alkanes) is 1. The molecule has 1 radical (unpaired) electrons. The second-order valence-corrected chi connectivity index (χ2v) is 3.37. The minimum atomic E-state index is 0.409. The third-order valence-electron chi connectivity index (χ3n) is 1.86. The third kappa shape index (κ3) is 13.8. The van der Waals surface area contributed by atoms with E-state index in [9.17, 15) is 0 Å². The summed E-state index contributed by atoms with van der Waals surface area (Å²) in [5.74, 6) is 0. The average Bonchev–Trinajstić information content (AvgIpc) is 2.31. The molecule has 0 atom stereocenters. The second kappa shape index (κ2) is 14.8. The van der Waals surface area contributed by atoms with Crippen molar-refractivity contribution in [1.82, 2.24) is 0 Å². The highest BCUT2D eigenvalue weighted by atomic mass is 16.7. The molecule has 0 heterocycles. The monoisotopic (exact) mass is 233 g/mol. The number of ether oxygens (including phenoxy) is 4. The van der Waals surface area contributed by atoms with E-state index in [1.54, 1.807) is 0 Å². The molecule has 0 aromatic heterocycles. The highest BCUT2D eigenvalue weighted by Gasteiger charge is 1.91. The lowest BCUT2D eigenvalue weighted by atomic mass is 10.3. The molecule has 0 aromatic rings. The van der Waals surface area contributed by atoms with Gasteiger partial charge in [-0.3, -0.25) is 0 Å². The van der Waals surface area contributed by atoms with Crippen molar-refractivity contribution in [2.24, 2.45) is 0 Å². The normalized spacial score (nSPS) is 10.9. The van der Waals surface area contributed by atoms with Crippen LogP contribution in [0.4, 0.5) is 0 Å². The lowest BCUT2D eigenvalue weighted by Crippen LogP contribution is -2.06. The number of hydrogen-bond acceptors (Lipinski definition) is 4. The molecule has 0 rings (SSSR count). The summed E-state index contributed by atoms with van der Waals surface area (Å²) >= 11 is 0. The highest BCUT2D eigenvalue weighted by Crippen LogP contribution is 1.92. The van der Waals surface area contributed by atoms with Crippen LogP contribution >= 0.6 is 0 Å². The predicted octanol–water partition coefficient (Wildman–Crippen LogP) is 2.03. The van der Waals surface area contributed by atoms with Crippen LogP contribution < -0.4 is 0 Å². The van der Waals surface area contributed by atoms with Gasteiger partial charge in [-0.05, 0) is 26.2 Å². The molecular formula is C12H25O4. The van der Waals surface area contributed by atoms with Crippen molar-refractivity contribution in [3.63, 3.8) is 0 Å². The fourth-order valence-electron chi connectivity index (χ4n) is 1.05. The standard InChI is InChI=1S/C12H25O4/c1-3-7-15-12-16-9-6-5-8-14-11-10-13-4-2/h2-12H2,1H3. The van der Waals surface area contributed by atoms with Gasteiger partial charge in [0.25, 0.3) is 0 Å². The Balaban J connectivity index is 2.83. The molecule has 0 aliphatic carbocycles. The molecule has 0 fully saturated rings. The average molecular weight is 233 g/mol. The predicted molar refractivity (Wildman–Crippen MR) is 63.3 cm³/mol. The largest absolute Gasteiger partial charge is 0.379 e. The van der Waals surface area contributed by atoms with Crippen LogP contribution in [-0.4, -0.2) is 46.4 Å². The van der Waals surface area contributed by atoms with Crippen LogP contribution in [0, 0.1) is 6.92 Å². The summed E-state index contributed by atoms with van der Waals surface area (Å²) in [4.78, 5) is 0. The van der Waals surface area contributed by atoms with Crippen LogP contribution in [0.3, 0.4) is 0 Å². The van der Waals surface area contributed by atoms with Gasteiger partial charge in [0, 0.05) is 26.4 Å². The third-order valence-corrected chi connectivity index (χ3v) is 1.86. The molecule has 16 heavy (non-hydrogen) atoms. The maximum Gasteiger partial charge on any atom is 0.146 e. The Morgan fingerprint density at radius 2 is 1.38 bits per heavy atom. The Morgan fingerprint density at radius 3 is 2.06 bits per heavy atom. The van der Waals surface area contributed by atoms with E-state index in [2.05, 4.69) is 13.8 Å². The first-order chi connectivity index (χ1) is 7.91. The maximum absolute atomic E-state index is 5.34. The fraction of sp³-hybridized carbons (Fsp3) is 0.917. The van der Waals surface area contributed by atoms with Gasteiger partial charge >= 0.3 is 0 Å².